The molecule has 0 bridgehead atoms. The van der Waals surface area contributed by atoms with Crippen molar-refractivity contribution in [2.75, 3.05) is 18.7 Å². The summed E-state index contributed by atoms with van der Waals surface area (Å²) in [6.45, 7) is 0.422. The number of aromatic nitrogens is 4. The number of nitrogens with zero attached hydrogens (tertiary/aromatic N) is 4. The van der Waals surface area contributed by atoms with E-state index >= 15 is 0 Å². The van der Waals surface area contributed by atoms with Crippen LogP contribution in [0.25, 0.3) is 11.4 Å². The molecule has 3 rings (SSSR count). The molecule has 140 valence electrons. The number of pyridine rings is 1. The smallest absolute Gasteiger partial charge is 0.221 e. The van der Waals surface area contributed by atoms with E-state index in [1.807, 2.05) is 36.4 Å². The van der Waals surface area contributed by atoms with Crippen LogP contribution in [-0.2, 0) is 11.3 Å². The Morgan fingerprint density at radius 3 is 2.89 bits per heavy atom. The quantitative estimate of drug-likeness (QED) is 0.451. The Bertz CT molecular complexity index is 900. The summed E-state index contributed by atoms with van der Waals surface area (Å²) in [5.41, 5.74) is 1.72. The van der Waals surface area contributed by atoms with Crippen molar-refractivity contribution in [2.45, 2.75) is 18.1 Å². The van der Waals surface area contributed by atoms with Gasteiger partial charge in [0.25, 0.3) is 0 Å². The number of para-hydroxylation sites is 1. The highest BCUT2D eigenvalue weighted by Crippen LogP contribution is 2.21. The monoisotopic (exact) mass is 384 g/mol. The van der Waals surface area contributed by atoms with Gasteiger partial charge in [-0.1, -0.05) is 30.0 Å². The Morgan fingerprint density at radius 2 is 2.11 bits per heavy atom. The summed E-state index contributed by atoms with van der Waals surface area (Å²) in [6, 6.07) is 11.3. The first kappa shape index (κ1) is 18.7. The molecule has 2 aromatic heterocycles. The van der Waals surface area contributed by atoms with Gasteiger partial charge in [-0.25, -0.2) is 4.68 Å². The Kier molecular flexibility index (Phi) is 6.26. The molecule has 1 amide bonds. The van der Waals surface area contributed by atoms with Crippen LogP contribution in [0.3, 0.4) is 0 Å². The summed E-state index contributed by atoms with van der Waals surface area (Å²) in [6.07, 6.45) is 3.70. The highest BCUT2D eigenvalue weighted by molar-refractivity contribution is 7.99. The molecule has 27 heavy (non-hydrogen) atoms. The number of hydrogen-bond donors (Lipinski definition) is 2. The molecular weight excluding hydrogens is 364 g/mol. The zero-order valence-corrected chi connectivity index (χ0v) is 15.6. The van der Waals surface area contributed by atoms with Gasteiger partial charge >= 0.3 is 0 Å². The molecule has 0 aliphatic heterocycles. The van der Waals surface area contributed by atoms with Crippen LogP contribution in [0.15, 0.2) is 53.9 Å². The van der Waals surface area contributed by atoms with Crippen molar-refractivity contribution in [3.63, 3.8) is 0 Å². The fraction of sp³-hybridized carbons (Fsp3) is 0.222. The number of nitrogen functional groups attached to an aromatic ring is 1. The number of methoxy groups -OCH3 is 1. The van der Waals surface area contributed by atoms with Crippen molar-refractivity contribution in [1.29, 1.82) is 0 Å². The van der Waals surface area contributed by atoms with Gasteiger partial charge in [-0.3, -0.25) is 9.78 Å². The number of amides is 1. The highest BCUT2D eigenvalue weighted by atomic mass is 32.2. The molecule has 1 aromatic carbocycles. The predicted molar refractivity (Wildman–Crippen MR) is 104 cm³/mol. The van der Waals surface area contributed by atoms with E-state index in [-0.39, 0.29) is 5.91 Å². The second-order valence-electron chi connectivity index (χ2n) is 5.60. The van der Waals surface area contributed by atoms with E-state index in [1.165, 1.54) is 16.4 Å². The van der Waals surface area contributed by atoms with E-state index in [4.69, 9.17) is 10.6 Å². The zero-order chi connectivity index (χ0) is 19.1. The van der Waals surface area contributed by atoms with Crippen LogP contribution in [0.2, 0.25) is 0 Å². The normalized spacial score (nSPS) is 10.6. The molecular formula is C18H20N6O2S. The SMILES string of the molecule is COc1ccccc1CNC(=O)CCSc1nnc(-c2cccnc2)n1N. The van der Waals surface area contributed by atoms with Crippen LogP contribution in [0, 0.1) is 0 Å². The van der Waals surface area contributed by atoms with Crippen LogP contribution < -0.4 is 15.9 Å². The minimum absolute atomic E-state index is 0.0519. The standard InChI is InChI=1S/C18H20N6O2S/c1-26-15-7-3-2-5-13(15)12-21-16(25)8-10-27-18-23-22-17(24(18)19)14-6-4-9-20-11-14/h2-7,9,11H,8,10,12,19H2,1H3,(H,21,25). The fourth-order valence-corrected chi connectivity index (χ4v) is 3.23. The van der Waals surface area contributed by atoms with Gasteiger partial charge in [-0.15, -0.1) is 10.2 Å². The van der Waals surface area contributed by atoms with Gasteiger partial charge in [0, 0.05) is 42.2 Å². The highest BCUT2D eigenvalue weighted by Gasteiger charge is 2.13. The number of rotatable bonds is 8. The lowest BCUT2D eigenvalue weighted by Gasteiger charge is -2.09. The number of hydrogen-bond acceptors (Lipinski definition) is 7. The summed E-state index contributed by atoms with van der Waals surface area (Å²) in [7, 11) is 1.61. The molecule has 9 heteroatoms. The van der Waals surface area contributed by atoms with E-state index in [0.29, 0.717) is 29.7 Å². The molecule has 0 radical (unpaired) electrons. The molecule has 0 fully saturated rings. The average Bonchev–Trinajstić information content (AvgIpc) is 3.07. The first-order chi connectivity index (χ1) is 13.2. The van der Waals surface area contributed by atoms with Crippen LogP contribution >= 0.6 is 11.8 Å². The Morgan fingerprint density at radius 1 is 1.26 bits per heavy atom. The van der Waals surface area contributed by atoms with Gasteiger partial charge < -0.3 is 15.9 Å². The van der Waals surface area contributed by atoms with Crippen LogP contribution in [0.5, 0.6) is 5.75 Å². The van der Waals surface area contributed by atoms with E-state index in [9.17, 15) is 4.79 Å². The number of carbonyl (C=O) groups excluding carboxylic acids is 1. The topological polar surface area (TPSA) is 108 Å². The first-order valence-electron chi connectivity index (χ1n) is 8.31. The van der Waals surface area contributed by atoms with Crippen LogP contribution in [0.4, 0.5) is 0 Å². The predicted octanol–water partition coefficient (Wildman–Crippen LogP) is 1.86. The number of benzene rings is 1. The fourth-order valence-electron chi connectivity index (χ4n) is 2.43. The molecule has 0 atom stereocenters. The van der Waals surface area contributed by atoms with Gasteiger partial charge in [0.2, 0.25) is 11.1 Å². The summed E-state index contributed by atoms with van der Waals surface area (Å²) in [4.78, 5) is 16.1. The van der Waals surface area contributed by atoms with E-state index < -0.39 is 0 Å². The van der Waals surface area contributed by atoms with Crippen molar-refractivity contribution in [2.24, 2.45) is 0 Å². The molecule has 0 saturated heterocycles. The summed E-state index contributed by atoms with van der Waals surface area (Å²) in [5, 5.41) is 11.6. The second kappa shape index (κ2) is 9.04. The number of nitrogens with one attached hydrogen (secondary N) is 1. The molecule has 0 aliphatic rings. The minimum atomic E-state index is -0.0519. The molecule has 3 N–H and O–H groups in total. The maximum atomic E-state index is 12.1. The molecule has 0 unspecified atom stereocenters. The van der Waals surface area contributed by atoms with E-state index in [1.54, 1.807) is 19.5 Å². The van der Waals surface area contributed by atoms with E-state index in [0.717, 1.165) is 16.9 Å². The lowest BCUT2D eigenvalue weighted by atomic mass is 10.2. The lowest BCUT2D eigenvalue weighted by Crippen LogP contribution is -2.23. The Balaban J connectivity index is 1.49. The molecule has 3 aromatic rings. The summed E-state index contributed by atoms with van der Waals surface area (Å²) >= 11 is 1.38. The number of nitrogens with two attached hydrogens (primary N) is 1. The van der Waals surface area contributed by atoms with Gasteiger partial charge in [-0.05, 0) is 18.2 Å². The third-order valence-electron chi connectivity index (χ3n) is 3.81. The lowest BCUT2D eigenvalue weighted by molar-refractivity contribution is -0.120. The van der Waals surface area contributed by atoms with Crippen molar-refractivity contribution >= 4 is 17.7 Å². The molecule has 0 aliphatic carbocycles. The molecule has 0 saturated carbocycles. The van der Waals surface area contributed by atoms with Crippen molar-refractivity contribution in [1.82, 2.24) is 25.2 Å². The van der Waals surface area contributed by atoms with Crippen LogP contribution in [0.1, 0.15) is 12.0 Å². The number of ether oxygens (including phenoxy) is 1. The summed E-state index contributed by atoms with van der Waals surface area (Å²) in [5.74, 6) is 7.83. The van der Waals surface area contributed by atoms with Crippen molar-refractivity contribution in [3.8, 4) is 17.1 Å². The Labute approximate surface area is 161 Å². The molecule has 2 heterocycles. The van der Waals surface area contributed by atoms with Gasteiger partial charge in [0.05, 0.1) is 7.11 Å². The van der Waals surface area contributed by atoms with Gasteiger partial charge in [0.15, 0.2) is 5.82 Å². The first-order valence-corrected chi connectivity index (χ1v) is 9.30. The zero-order valence-electron chi connectivity index (χ0n) is 14.8. The maximum Gasteiger partial charge on any atom is 0.221 e. The van der Waals surface area contributed by atoms with Gasteiger partial charge in [0.1, 0.15) is 5.75 Å². The minimum Gasteiger partial charge on any atom is -0.496 e. The largest absolute Gasteiger partial charge is 0.496 e. The van der Waals surface area contributed by atoms with Crippen molar-refractivity contribution < 1.29 is 9.53 Å². The molecule has 8 nitrogen and oxygen atoms in total. The number of carbonyl (C=O) groups is 1. The summed E-state index contributed by atoms with van der Waals surface area (Å²) < 4.78 is 6.69. The average molecular weight is 384 g/mol. The third-order valence-corrected chi connectivity index (χ3v) is 4.76. The van der Waals surface area contributed by atoms with E-state index in [2.05, 4.69) is 20.5 Å². The van der Waals surface area contributed by atoms with Crippen molar-refractivity contribution in [3.05, 3.63) is 54.4 Å². The number of thioether (sulfide) groups is 1. The van der Waals surface area contributed by atoms with Crippen LogP contribution in [-0.4, -0.2) is 38.6 Å². The third kappa shape index (κ3) is 4.76. The van der Waals surface area contributed by atoms with Gasteiger partial charge in [-0.2, -0.15) is 0 Å². The Hall–Kier alpha value is -3.07. The maximum absolute atomic E-state index is 12.1. The molecule has 0 spiro atoms. The second-order valence-corrected chi connectivity index (χ2v) is 6.67.